The lowest BCUT2D eigenvalue weighted by molar-refractivity contribution is 0.0755. The highest BCUT2D eigenvalue weighted by atomic mass is 16.6. The molecule has 0 aliphatic rings. The molecular formula is C34H48N6O4. The van der Waals surface area contributed by atoms with Gasteiger partial charge in [0.15, 0.2) is 0 Å². The van der Waals surface area contributed by atoms with Crippen molar-refractivity contribution in [2.75, 3.05) is 57.1 Å². The monoisotopic (exact) mass is 604 g/mol. The Kier molecular flexibility index (Phi) is 13.0. The van der Waals surface area contributed by atoms with Crippen LogP contribution < -0.4 is 15.0 Å². The molecule has 1 heterocycles. The molecule has 2 amide bonds. The van der Waals surface area contributed by atoms with Gasteiger partial charge in [0.05, 0.1) is 7.11 Å². The van der Waals surface area contributed by atoms with E-state index < -0.39 is 12.2 Å². The Hall–Kier alpha value is -4.18. The van der Waals surface area contributed by atoms with Gasteiger partial charge in [0.1, 0.15) is 17.7 Å². The van der Waals surface area contributed by atoms with Crippen LogP contribution in [0.2, 0.25) is 0 Å². The number of anilines is 3. The summed E-state index contributed by atoms with van der Waals surface area (Å²) in [5.74, 6) is 1.52. The summed E-state index contributed by atoms with van der Waals surface area (Å²) in [4.78, 5) is 41.0. The molecule has 0 saturated heterocycles. The summed E-state index contributed by atoms with van der Waals surface area (Å²) in [6, 6.07) is 14.7. The highest BCUT2D eigenvalue weighted by molar-refractivity contribution is 5.94. The Morgan fingerprint density at radius 2 is 1.66 bits per heavy atom. The topological polar surface area (TPSA) is 100 Å². The minimum absolute atomic E-state index is 0.0282. The van der Waals surface area contributed by atoms with Crippen LogP contribution in [0.25, 0.3) is 0 Å². The lowest BCUT2D eigenvalue weighted by Gasteiger charge is -2.28. The number of carbonyl (C=O) groups is 2. The minimum Gasteiger partial charge on any atom is -0.496 e. The van der Waals surface area contributed by atoms with Gasteiger partial charge in [-0.25, -0.2) is 9.78 Å². The summed E-state index contributed by atoms with van der Waals surface area (Å²) in [6.07, 6.45) is 1.38. The van der Waals surface area contributed by atoms with Crippen molar-refractivity contribution in [3.05, 3.63) is 71.4 Å². The van der Waals surface area contributed by atoms with Gasteiger partial charge in [-0.3, -0.25) is 9.69 Å². The molecule has 0 aliphatic heterocycles. The zero-order valence-electron chi connectivity index (χ0n) is 27.5. The van der Waals surface area contributed by atoms with Crippen molar-refractivity contribution in [1.82, 2.24) is 19.8 Å². The lowest BCUT2D eigenvalue weighted by Crippen LogP contribution is -2.36. The first kappa shape index (κ1) is 34.3. The van der Waals surface area contributed by atoms with E-state index in [4.69, 9.17) is 9.47 Å². The number of likely N-dealkylation sites (N-methyl/N-ethyl adjacent to an activating group) is 2. The number of hydrogen-bond acceptors (Lipinski definition) is 8. The van der Waals surface area contributed by atoms with Crippen LogP contribution in [0.15, 0.2) is 54.7 Å². The highest BCUT2D eigenvalue weighted by Crippen LogP contribution is 2.33. The third kappa shape index (κ3) is 8.92. The minimum atomic E-state index is -0.481. The van der Waals surface area contributed by atoms with Crippen LogP contribution in [-0.4, -0.2) is 78.6 Å². The lowest BCUT2D eigenvalue weighted by atomic mass is 9.94. The van der Waals surface area contributed by atoms with Gasteiger partial charge in [0, 0.05) is 44.1 Å². The number of carbonyl (C=O) groups excluding carboxylic acids is 2. The molecule has 0 spiro atoms. The van der Waals surface area contributed by atoms with Gasteiger partial charge in [0.25, 0.3) is 5.91 Å². The molecule has 3 rings (SSSR count). The second-order valence-corrected chi connectivity index (χ2v) is 11.1. The van der Waals surface area contributed by atoms with Gasteiger partial charge in [-0.05, 0) is 79.9 Å². The van der Waals surface area contributed by atoms with Crippen LogP contribution in [-0.2, 0) is 4.74 Å². The summed E-state index contributed by atoms with van der Waals surface area (Å²) in [6.45, 7) is 16.1. The van der Waals surface area contributed by atoms with Gasteiger partial charge in [-0.1, -0.05) is 46.8 Å². The summed E-state index contributed by atoms with van der Waals surface area (Å²) >= 11 is 0. The van der Waals surface area contributed by atoms with Crippen LogP contribution in [0.5, 0.6) is 5.75 Å². The Balaban J connectivity index is 1.73. The normalized spacial score (nSPS) is 11.8. The molecule has 1 atom stereocenters. The van der Waals surface area contributed by atoms with Crippen LogP contribution >= 0.6 is 0 Å². The van der Waals surface area contributed by atoms with E-state index >= 15 is 0 Å². The van der Waals surface area contributed by atoms with E-state index in [9.17, 15) is 9.59 Å². The maximum atomic E-state index is 13.6. The third-order valence-electron chi connectivity index (χ3n) is 7.65. The molecule has 10 heteroatoms. The van der Waals surface area contributed by atoms with E-state index in [1.807, 2.05) is 65.1 Å². The summed E-state index contributed by atoms with van der Waals surface area (Å²) < 4.78 is 11.6. The van der Waals surface area contributed by atoms with Gasteiger partial charge in [-0.15, -0.1) is 0 Å². The summed E-state index contributed by atoms with van der Waals surface area (Å²) in [7, 11) is 3.46. The quantitative estimate of drug-likeness (QED) is 0.205. The fraction of sp³-hybridized carbons (Fsp3) is 0.471. The van der Waals surface area contributed by atoms with E-state index in [2.05, 4.69) is 34.0 Å². The Morgan fingerprint density at radius 1 is 0.955 bits per heavy atom. The first-order chi connectivity index (χ1) is 21.1. The smallest absolute Gasteiger partial charge is 0.416 e. The fourth-order valence-corrected chi connectivity index (χ4v) is 4.95. The number of hydrogen-bond donors (Lipinski definition) is 1. The summed E-state index contributed by atoms with van der Waals surface area (Å²) in [5, 5.41) is 3.19. The predicted octanol–water partition coefficient (Wildman–Crippen LogP) is 6.70. The van der Waals surface area contributed by atoms with Crippen LogP contribution in [0.1, 0.15) is 68.6 Å². The summed E-state index contributed by atoms with van der Waals surface area (Å²) in [5.41, 5.74) is 3.18. The number of aromatic nitrogens is 2. The van der Waals surface area contributed by atoms with Crippen molar-refractivity contribution in [1.29, 1.82) is 0 Å². The zero-order chi connectivity index (χ0) is 32.2. The molecule has 2 aromatic carbocycles. The average Bonchev–Trinajstić information content (AvgIpc) is 3.03. The Morgan fingerprint density at radius 3 is 2.27 bits per heavy atom. The average molecular weight is 605 g/mol. The molecule has 10 nitrogen and oxygen atoms in total. The highest BCUT2D eigenvalue weighted by Gasteiger charge is 2.27. The van der Waals surface area contributed by atoms with Gasteiger partial charge >= 0.3 is 6.09 Å². The molecule has 0 aliphatic carbocycles. The molecule has 0 radical (unpaired) electrons. The predicted molar refractivity (Wildman–Crippen MR) is 176 cm³/mol. The first-order valence-corrected chi connectivity index (χ1v) is 15.4. The standard InChI is InChI=1S/C34H48N6O4/c1-9-21-40(34(42)44-31(24(4)5)28-13-12-14-29(43-8)25(28)6)30-19-20-35-33(37-30)36-27-17-15-26(16-18-27)32(41)38(7)22-23-39(10-2)11-3/h12-20,24,31H,9-11,21-23H2,1-8H3,(H,35,36,37). The van der Waals surface area contributed by atoms with E-state index in [0.29, 0.717) is 36.8 Å². The third-order valence-corrected chi connectivity index (χ3v) is 7.65. The Labute approximate surface area is 262 Å². The van der Waals surface area contributed by atoms with Crippen molar-refractivity contribution in [2.24, 2.45) is 5.92 Å². The molecule has 3 aromatic rings. The van der Waals surface area contributed by atoms with Crippen molar-refractivity contribution >= 4 is 29.5 Å². The first-order valence-electron chi connectivity index (χ1n) is 15.4. The van der Waals surface area contributed by atoms with Crippen molar-refractivity contribution in [3.8, 4) is 5.75 Å². The molecule has 1 N–H and O–H groups in total. The zero-order valence-corrected chi connectivity index (χ0v) is 27.5. The number of rotatable bonds is 15. The number of nitrogens with zero attached hydrogens (tertiary/aromatic N) is 5. The number of ether oxygens (including phenoxy) is 2. The SMILES string of the molecule is CCCN(C(=O)OC(c1cccc(OC)c1C)C(C)C)c1ccnc(Nc2ccc(C(=O)N(C)CCN(CC)CC)cc2)n1. The maximum absolute atomic E-state index is 13.6. The molecule has 44 heavy (non-hydrogen) atoms. The largest absolute Gasteiger partial charge is 0.496 e. The number of nitrogens with one attached hydrogen (secondary N) is 1. The van der Waals surface area contributed by atoms with Crippen LogP contribution in [0.3, 0.4) is 0 Å². The van der Waals surface area contributed by atoms with Crippen molar-refractivity contribution in [3.63, 3.8) is 0 Å². The molecule has 238 valence electrons. The number of methoxy groups -OCH3 is 1. The molecule has 0 bridgehead atoms. The Bertz CT molecular complexity index is 1360. The fourth-order valence-electron chi connectivity index (χ4n) is 4.95. The second-order valence-electron chi connectivity index (χ2n) is 11.1. The van der Waals surface area contributed by atoms with E-state index in [1.165, 1.54) is 4.90 Å². The van der Waals surface area contributed by atoms with Crippen molar-refractivity contribution in [2.45, 2.75) is 54.1 Å². The number of benzene rings is 2. The maximum Gasteiger partial charge on any atom is 0.416 e. The van der Waals surface area contributed by atoms with E-state index in [0.717, 1.165) is 42.2 Å². The molecule has 0 saturated carbocycles. The second kappa shape index (κ2) is 16.6. The van der Waals surface area contributed by atoms with Gasteiger partial charge in [0.2, 0.25) is 5.95 Å². The van der Waals surface area contributed by atoms with E-state index in [1.54, 1.807) is 36.4 Å². The number of amides is 2. The van der Waals surface area contributed by atoms with Gasteiger partial charge in [-0.2, -0.15) is 4.98 Å². The van der Waals surface area contributed by atoms with E-state index in [-0.39, 0.29) is 11.8 Å². The molecule has 0 fully saturated rings. The molecule has 1 aromatic heterocycles. The van der Waals surface area contributed by atoms with Crippen LogP contribution in [0, 0.1) is 12.8 Å². The molecule has 1 unspecified atom stereocenters. The van der Waals surface area contributed by atoms with Crippen LogP contribution in [0.4, 0.5) is 22.2 Å². The van der Waals surface area contributed by atoms with Gasteiger partial charge < -0.3 is 24.6 Å². The molecular weight excluding hydrogens is 556 g/mol. The van der Waals surface area contributed by atoms with Crippen molar-refractivity contribution < 1.29 is 19.1 Å².